The Balaban J connectivity index is 1.61. The molecule has 2 saturated heterocycles. The van der Waals surface area contributed by atoms with Crippen LogP contribution in [0.1, 0.15) is 21.6 Å². The molecule has 142 valence electrons. The second-order valence-corrected chi connectivity index (χ2v) is 8.05. The third-order valence-corrected chi connectivity index (χ3v) is 6.16. The highest BCUT2D eigenvalue weighted by Crippen LogP contribution is 2.27. The van der Waals surface area contributed by atoms with Crippen molar-refractivity contribution in [3.63, 3.8) is 0 Å². The van der Waals surface area contributed by atoms with Crippen LogP contribution in [0.15, 0.2) is 24.3 Å². The molecule has 4 rings (SSSR count). The van der Waals surface area contributed by atoms with Crippen molar-refractivity contribution in [2.24, 2.45) is 0 Å². The van der Waals surface area contributed by atoms with Gasteiger partial charge >= 0.3 is 0 Å². The number of aryl methyl sites for hydroxylation is 2. The van der Waals surface area contributed by atoms with Crippen LogP contribution in [0.25, 0.3) is 10.9 Å². The lowest BCUT2D eigenvalue weighted by molar-refractivity contribution is -0.138. The van der Waals surface area contributed by atoms with Crippen molar-refractivity contribution < 1.29 is 14.3 Å². The molecular formula is C20H23N3O3S. The SMILES string of the molecule is Cc1ccc2cc(C(=O)N3CSC[C@@H]3C(=O)N3CCOCC3)c(C)nc2c1. The van der Waals surface area contributed by atoms with Crippen LogP contribution in [0.3, 0.4) is 0 Å². The molecule has 1 aromatic heterocycles. The topological polar surface area (TPSA) is 62.7 Å². The number of aromatic nitrogens is 1. The number of thioether (sulfide) groups is 1. The predicted molar refractivity (Wildman–Crippen MR) is 106 cm³/mol. The number of nitrogens with zero attached hydrogens (tertiary/aromatic N) is 3. The number of amides is 2. The molecule has 0 bridgehead atoms. The molecular weight excluding hydrogens is 362 g/mol. The number of fused-ring (bicyclic) bond motifs is 1. The fraction of sp³-hybridized carbons (Fsp3) is 0.450. The molecule has 0 N–H and O–H groups in total. The summed E-state index contributed by atoms with van der Waals surface area (Å²) in [5.74, 6) is 1.09. The van der Waals surface area contributed by atoms with Crippen molar-refractivity contribution >= 4 is 34.5 Å². The second-order valence-electron chi connectivity index (χ2n) is 7.05. The highest BCUT2D eigenvalue weighted by Gasteiger charge is 2.38. The van der Waals surface area contributed by atoms with Crippen LogP contribution in [-0.2, 0) is 9.53 Å². The summed E-state index contributed by atoms with van der Waals surface area (Å²) in [5, 5.41) is 0.942. The summed E-state index contributed by atoms with van der Waals surface area (Å²) in [6, 6.07) is 7.52. The fourth-order valence-corrected chi connectivity index (χ4v) is 4.73. The van der Waals surface area contributed by atoms with Crippen LogP contribution < -0.4 is 0 Å². The minimum atomic E-state index is -0.409. The maximum absolute atomic E-state index is 13.3. The van der Waals surface area contributed by atoms with Gasteiger partial charge in [0.25, 0.3) is 5.91 Å². The summed E-state index contributed by atoms with van der Waals surface area (Å²) in [6.45, 7) is 6.20. The molecule has 0 saturated carbocycles. The van der Waals surface area contributed by atoms with E-state index in [2.05, 4.69) is 4.98 Å². The maximum atomic E-state index is 13.3. The van der Waals surface area contributed by atoms with Crippen molar-refractivity contribution in [2.75, 3.05) is 37.9 Å². The van der Waals surface area contributed by atoms with Crippen LogP contribution >= 0.6 is 11.8 Å². The van der Waals surface area contributed by atoms with Crippen LogP contribution in [0, 0.1) is 13.8 Å². The van der Waals surface area contributed by atoms with E-state index < -0.39 is 6.04 Å². The number of rotatable bonds is 2. The summed E-state index contributed by atoms with van der Waals surface area (Å²) in [4.78, 5) is 34.3. The number of carbonyl (C=O) groups excluding carboxylic acids is 2. The number of pyridine rings is 1. The first-order valence-corrected chi connectivity index (χ1v) is 10.3. The molecule has 1 aromatic carbocycles. The highest BCUT2D eigenvalue weighted by atomic mass is 32.2. The Morgan fingerprint density at radius 3 is 2.74 bits per heavy atom. The van der Waals surface area contributed by atoms with Gasteiger partial charge < -0.3 is 14.5 Å². The number of morpholine rings is 1. The molecule has 2 aliphatic heterocycles. The monoisotopic (exact) mass is 385 g/mol. The molecule has 0 aliphatic carbocycles. The standard InChI is InChI=1S/C20H23N3O3S/c1-13-3-4-15-10-16(14(2)21-17(15)9-13)19(24)23-12-27-11-18(23)20(25)22-5-7-26-8-6-22/h3-4,9-10,18H,5-8,11-12H2,1-2H3/t18-/m1/s1. The molecule has 2 amide bonds. The lowest BCUT2D eigenvalue weighted by atomic mass is 10.1. The van der Waals surface area contributed by atoms with Gasteiger partial charge in [-0.2, -0.15) is 0 Å². The Kier molecular flexibility index (Phi) is 5.06. The van der Waals surface area contributed by atoms with Gasteiger partial charge in [-0.3, -0.25) is 14.6 Å². The van der Waals surface area contributed by atoms with Crippen LogP contribution in [0.2, 0.25) is 0 Å². The summed E-state index contributed by atoms with van der Waals surface area (Å²) < 4.78 is 5.33. The highest BCUT2D eigenvalue weighted by molar-refractivity contribution is 7.99. The number of hydrogen-bond donors (Lipinski definition) is 0. The van der Waals surface area contributed by atoms with Crippen LogP contribution in [0.5, 0.6) is 0 Å². The van der Waals surface area contributed by atoms with E-state index in [0.29, 0.717) is 49.2 Å². The van der Waals surface area contributed by atoms with Crippen molar-refractivity contribution in [3.05, 3.63) is 41.1 Å². The van der Waals surface area contributed by atoms with Gasteiger partial charge in [0.15, 0.2) is 0 Å². The Morgan fingerprint density at radius 1 is 1.19 bits per heavy atom. The quantitative estimate of drug-likeness (QED) is 0.793. The van der Waals surface area contributed by atoms with Crippen molar-refractivity contribution in [1.82, 2.24) is 14.8 Å². The smallest absolute Gasteiger partial charge is 0.257 e. The molecule has 2 fully saturated rings. The number of ether oxygens (including phenoxy) is 1. The van der Waals surface area contributed by atoms with E-state index in [9.17, 15) is 9.59 Å². The molecule has 2 aromatic rings. The lowest BCUT2D eigenvalue weighted by Crippen LogP contribution is -2.52. The zero-order chi connectivity index (χ0) is 19.0. The fourth-order valence-electron chi connectivity index (χ4n) is 3.59. The predicted octanol–water partition coefficient (Wildman–Crippen LogP) is 2.23. The normalized spacial score (nSPS) is 20.3. The molecule has 6 nitrogen and oxygen atoms in total. The van der Waals surface area contributed by atoms with E-state index in [4.69, 9.17) is 4.74 Å². The summed E-state index contributed by atoms with van der Waals surface area (Å²) in [5.41, 5.74) is 3.31. The first-order valence-electron chi connectivity index (χ1n) is 9.18. The second kappa shape index (κ2) is 7.48. The Hall–Kier alpha value is -2.12. The first-order chi connectivity index (χ1) is 13.0. The third-order valence-electron chi connectivity index (χ3n) is 5.15. The van der Waals surface area contributed by atoms with Gasteiger partial charge in [-0.1, -0.05) is 12.1 Å². The van der Waals surface area contributed by atoms with E-state index in [1.54, 1.807) is 16.7 Å². The summed E-state index contributed by atoms with van der Waals surface area (Å²) >= 11 is 1.62. The first kappa shape index (κ1) is 18.3. The summed E-state index contributed by atoms with van der Waals surface area (Å²) in [7, 11) is 0. The average molecular weight is 385 g/mol. The lowest BCUT2D eigenvalue weighted by Gasteiger charge is -2.32. The third kappa shape index (κ3) is 3.53. The average Bonchev–Trinajstić information content (AvgIpc) is 3.16. The Bertz CT molecular complexity index is 895. The number of hydrogen-bond acceptors (Lipinski definition) is 5. The molecule has 3 heterocycles. The van der Waals surface area contributed by atoms with E-state index in [1.807, 2.05) is 43.0 Å². The van der Waals surface area contributed by atoms with Gasteiger partial charge in [-0.15, -0.1) is 11.8 Å². The van der Waals surface area contributed by atoms with E-state index in [-0.39, 0.29) is 11.8 Å². The van der Waals surface area contributed by atoms with Gasteiger partial charge in [0.2, 0.25) is 5.91 Å². The molecule has 1 atom stereocenters. The minimum Gasteiger partial charge on any atom is -0.378 e. The van der Waals surface area contributed by atoms with E-state index in [1.165, 1.54) is 0 Å². The van der Waals surface area contributed by atoms with Gasteiger partial charge in [-0.05, 0) is 31.5 Å². The van der Waals surface area contributed by atoms with Gasteiger partial charge in [-0.25, -0.2) is 0 Å². The number of carbonyl (C=O) groups is 2. The molecule has 7 heteroatoms. The Morgan fingerprint density at radius 2 is 1.96 bits per heavy atom. The maximum Gasteiger partial charge on any atom is 0.257 e. The van der Waals surface area contributed by atoms with Gasteiger partial charge in [0.05, 0.1) is 35.9 Å². The zero-order valence-corrected chi connectivity index (χ0v) is 16.4. The molecule has 2 aliphatic rings. The van der Waals surface area contributed by atoms with Gasteiger partial charge in [0, 0.05) is 24.2 Å². The van der Waals surface area contributed by atoms with Crippen LogP contribution in [0.4, 0.5) is 0 Å². The largest absolute Gasteiger partial charge is 0.378 e. The van der Waals surface area contributed by atoms with Gasteiger partial charge in [0.1, 0.15) is 6.04 Å². The molecule has 0 radical (unpaired) electrons. The molecule has 27 heavy (non-hydrogen) atoms. The van der Waals surface area contributed by atoms with Crippen molar-refractivity contribution in [1.29, 1.82) is 0 Å². The Labute approximate surface area is 162 Å². The van der Waals surface area contributed by atoms with Crippen LogP contribution in [-0.4, -0.2) is 70.6 Å². The minimum absolute atomic E-state index is 0.0266. The van der Waals surface area contributed by atoms with E-state index >= 15 is 0 Å². The molecule has 0 spiro atoms. The summed E-state index contributed by atoms with van der Waals surface area (Å²) in [6.07, 6.45) is 0. The van der Waals surface area contributed by atoms with Crippen molar-refractivity contribution in [2.45, 2.75) is 19.9 Å². The van der Waals surface area contributed by atoms with Crippen molar-refractivity contribution in [3.8, 4) is 0 Å². The number of benzene rings is 1. The van der Waals surface area contributed by atoms with E-state index in [0.717, 1.165) is 16.5 Å². The zero-order valence-electron chi connectivity index (χ0n) is 15.6. The molecule has 0 unspecified atom stereocenters.